The maximum atomic E-state index is 11.7. The third-order valence-electron chi connectivity index (χ3n) is 3.24. The minimum atomic E-state index is -0.766. The Morgan fingerprint density at radius 3 is 2.17 bits per heavy atom. The lowest BCUT2D eigenvalue weighted by Crippen LogP contribution is -2.53. The van der Waals surface area contributed by atoms with E-state index in [9.17, 15) is 9.59 Å². The van der Waals surface area contributed by atoms with Gasteiger partial charge >= 0.3 is 11.8 Å². The SMILES string of the molecule is CC(C)(CO)NC(=O)C(=O)NC1CCCCCC1. The molecule has 0 bridgehead atoms. The van der Waals surface area contributed by atoms with Crippen molar-refractivity contribution in [3.63, 3.8) is 0 Å². The highest BCUT2D eigenvalue weighted by atomic mass is 16.3. The van der Waals surface area contributed by atoms with Crippen LogP contribution in [0.1, 0.15) is 52.4 Å². The van der Waals surface area contributed by atoms with Gasteiger partial charge in [0.15, 0.2) is 0 Å². The van der Waals surface area contributed by atoms with Crippen LogP contribution in [0.25, 0.3) is 0 Å². The minimum absolute atomic E-state index is 0.114. The van der Waals surface area contributed by atoms with E-state index in [4.69, 9.17) is 5.11 Å². The first-order chi connectivity index (χ1) is 8.44. The van der Waals surface area contributed by atoms with Crippen molar-refractivity contribution in [3.8, 4) is 0 Å². The lowest BCUT2D eigenvalue weighted by Gasteiger charge is -2.24. The molecule has 0 aromatic carbocycles. The number of aliphatic hydroxyl groups is 1. The van der Waals surface area contributed by atoms with Crippen molar-refractivity contribution in [1.29, 1.82) is 0 Å². The number of rotatable bonds is 3. The quantitative estimate of drug-likeness (QED) is 0.514. The third-order valence-corrected chi connectivity index (χ3v) is 3.24. The minimum Gasteiger partial charge on any atom is -0.394 e. The van der Waals surface area contributed by atoms with Gasteiger partial charge in [0.1, 0.15) is 0 Å². The second-order valence-corrected chi connectivity index (χ2v) is 5.66. The Kier molecular flexibility index (Phi) is 5.59. The Hall–Kier alpha value is -1.10. The molecule has 2 amide bonds. The van der Waals surface area contributed by atoms with Gasteiger partial charge < -0.3 is 15.7 Å². The van der Waals surface area contributed by atoms with Crippen LogP contribution in [-0.2, 0) is 9.59 Å². The highest BCUT2D eigenvalue weighted by Crippen LogP contribution is 2.17. The summed E-state index contributed by atoms with van der Waals surface area (Å²) in [7, 11) is 0. The Bertz CT molecular complexity index is 295. The van der Waals surface area contributed by atoms with Crippen molar-refractivity contribution < 1.29 is 14.7 Å². The van der Waals surface area contributed by atoms with Crippen molar-refractivity contribution in [2.24, 2.45) is 0 Å². The van der Waals surface area contributed by atoms with Crippen LogP contribution < -0.4 is 10.6 Å². The van der Waals surface area contributed by atoms with E-state index in [2.05, 4.69) is 10.6 Å². The van der Waals surface area contributed by atoms with Crippen molar-refractivity contribution in [2.45, 2.75) is 64.0 Å². The molecule has 1 saturated carbocycles. The van der Waals surface area contributed by atoms with Crippen LogP contribution in [0.15, 0.2) is 0 Å². The number of amides is 2. The predicted octanol–water partition coefficient (Wildman–Crippen LogP) is 0.712. The maximum Gasteiger partial charge on any atom is 0.309 e. The van der Waals surface area contributed by atoms with E-state index in [1.165, 1.54) is 12.8 Å². The second-order valence-electron chi connectivity index (χ2n) is 5.66. The first-order valence-electron chi connectivity index (χ1n) is 6.68. The summed E-state index contributed by atoms with van der Waals surface area (Å²) in [6.07, 6.45) is 6.51. The molecule has 1 aliphatic carbocycles. The summed E-state index contributed by atoms with van der Waals surface area (Å²) in [4.78, 5) is 23.4. The van der Waals surface area contributed by atoms with Gasteiger partial charge in [0.05, 0.1) is 12.1 Å². The molecule has 18 heavy (non-hydrogen) atoms. The molecule has 0 unspecified atom stereocenters. The van der Waals surface area contributed by atoms with E-state index < -0.39 is 17.4 Å². The Labute approximate surface area is 108 Å². The van der Waals surface area contributed by atoms with Gasteiger partial charge in [-0.05, 0) is 26.7 Å². The first-order valence-corrected chi connectivity index (χ1v) is 6.68. The summed E-state index contributed by atoms with van der Waals surface area (Å²) in [6.45, 7) is 3.14. The number of carbonyl (C=O) groups is 2. The van der Waals surface area contributed by atoms with E-state index in [1.807, 2.05) is 0 Å². The smallest absolute Gasteiger partial charge is 0.309 e. The molecule has 0 aliphatic heterocycles. The monoisotopic (exact) mass is 256 g/mol. The lowest BCUT2D eigenvalue weighted by molar-refractivity contribution is -0.141. The van der Waals surface area contributed by atoms with Crippen LogP contribution in [0.4, 0.5) is 0 Å². The predicted molar refractivity (Wildman–Crippen MR) is 68.9 cm³/mol. The van der Waals surface area contributed by atoms with Crippen LogP contribution in [-0.4, -0.2) is 35.1 Å². The molecule has 0 radical (unpaired) electrons. The standard InChI is InChI=1S/C13H24N2O3/c1-13(2,9-16)15-12(18)11(17)14-10-7-5-3-4-6-8-10/h10,16H,3-9H2,1-2H3,(H,14,17)(H,15,18). The number of nitrogens with one attached hydrogen (secondary N) is 2. The lowest BCUT2D eigenvalue weighted by atomic mass is 10.1. The molecule has 5 nitrogen and oxygen atoms in total. The van der Waals surface area contributed by atoms with Gasteiger partial charge in [-0.1, -0.05) is 25.7 Å². The largest absolute Gasteiger partial charge is 0.394 e. The topological polar surface area (TPSA) is 78.4 Å². The number of aliphatic hydroxyl groups excluding tert-OH is 1. The molecule has 0 saturated heterocycles. The van der Waals surface area contributed by atoms with E-state index in [1.54, 1.807) is 13.8 Å². The third kappa shape index (κ3) is 5.04. The van der Waals surface area contributed by atoms with Gasteiger partial charge in [-0.3, -0.25) is 9.59 Å². The highest BCUT2D eigenvalue weighted by molar-refractivity contribution is 6.35. The highest BCUT2D eigenvalue weighted by Gasteiger charge is 2.25. The molecule has 1 rings (SSSR count). The molecule has 0 spiro atoms. The Morgan fingerprint density at radius 1 is 1.11 bits per heavy atom. The zero-order valence-electron chi connectivity index (χ0n) is 11.3. The second kappa shape index (κ2) is 6.73. The summed E-state index contributed by atoms with van der Waals surface area (Å²) in [5.74, 6) is -1.26. The summed E-state index contributed by atoms with van der Waals surface area (Å²) in [6, 6.07) is 0.114. The van der Waals surface area contributed by atoms with Crippen LogP contribution in [0.5, 0.6) is 0 Å². The van der Waals surface area contributed by atoms with E-state index in [0.29, 0.717) is 0 Å². The Balaban J connectivity index is 2.41. The molecule has 0 heterocycles. The molecular weight excluding hydrogens is 232 g/mol. The molecule has 3 N–H and O–H groups in total. The molecule has 0 aromatic heterocycles. The fourth-order valence-corrected chi connectivity index (χ4v) is 2.08. The van der Waals surface area contributed by atoms with E-state index in [0.717, 1.165) is 25.7 Å². The fourth-order valence-electron chi connectivity index (χ4n) is 2.08. The molecule has 5 heteroatoms. The van der Waals surface area contributed by atoms with E-state index >= 15 is 0 Å². The van der Waals surface area contributed by atoms with Crippen LogP contribution >= 0.6 is 0 Å². The van der Waals surface area contributed by atoms with Crippen molar-refractivity contribution in [3.05, 3.63) is 0 Å². The maximum absolute atomic E-state index is 11.7. The van der Waals surface area contributed by atoms with Crippen LogP contribution in [0.2, 0.25) is 0 Å². The molecule has 0 aromatic rings. The molecule has 104 valence electrons. The number of carbonyl (C=O) groups excluding carboxylic acids is 2. The van der Waals surface area contributed by atoms with Crippen molar-refractivity contribution in [2.75, 3.05) is 6.61 Å². The number of hydrogen-bond acceptors (Lipinski definition) is 3. The van der Waals surface area contributed by atoms with Gasteiger partial charge in [-0.15, -0.1) is 0 Å². The van der Waals surface area contributed by atoms with Crippen LogP contribution in [0, 0.1) is 0 Å². The zero-order valence-corrected chi connectivity index (χ0v) is 11.3. The van der Waals surface area contributed by atoms with Crippen molar-refractivity contribution in [1.82, 2.24) is 10.6 Å². The molecule has 1 aliphatic rings. The summed E-state index contributed by atoms with van der Waals surface area (Å²) in [5.41, 5.74) is -0.766. The van der Waals surface area contributed by atoms with Gasteiger partial charge in [-0.2, -0.15) is 0 Å². The van der Waals surface area contributed by atoms with E-state index in [-0.39, 0.29) is 12.6 Å². The van der Waals surface area contributed by atoms with Gasteiger partial charge in [0.25, 0.3) is 0 Å². The summed E-state index contributed by atoms with van der Waals surface area (Å²) in [5, 5.41) is 14.3. The van der Waals surface area contributed by atoms with Gasteiger partial charge in [0, 0.05) is 6.04 Å². The molecule has 0 atom stereocenters. The normalized spacial score (nSPS) is 17.9. The number of hydrogen-bond donors (Lipinski definition) is 3. The zero-order chi connectivity index (χ0) is 13.6. The Morgan fingerprint density at radius 2 is 1.67 bits per heavy atom. The molecule has 1 fully saturated rings. The average molecular weight is 256 g/mol. The fraction of sp³-hybridized carbons (Fsp3) is 0.846. The molecular formula is C13H24N2O3. The van der Waals surface area contributed by atoms with Gasteiger partial charge in [-0.25, -0.2) is 0 Å². The summed E-state index contributed by atoms with van der Waals surface area (Å²) < 4.78 is 0. The van der Waals surface area contributed by atoms with Crippen molar-refractivity contribution >= 4 is 11.8 Å². The first kappa shape index (κ1) is 15.0. The van der Waals surface area contributed by atoms with Crippen LogP contribution in [0.3, 0.4) is 0 Å². The summed E-state index contributed by atoms with van der Waals surface area (Å²) >= 11 is 0. The van der Waals surface area contributed by atoms with Gasteiger partial charge in [0.2, 0.25) is 0 Å². The average Bonchev–Trinajstić information content (AvgIpc) is 2.57.